The van der Waals surface area contributed by atoms with Gasteiger partial charge in [0.1, 0.15) is 5.75 Å². The number of nitrogens with zero attached hydrogens (tertiary/aromatic N) is 1. The number of anilines is 1. The molecule has 98 valence electrons. The molecular formula is C14H13ClN2O2. The Morgan fingerprint density at radius 1 is 1.21 bits per heavy atom. The number of benzene rings is 1. The third-order valence-corrected chi connectivity index (χ3v) is 2.78. The highest BCUT2D eigenvalue weighted by Crippen LogP contribution is 2.22. The van der Waals surface area contributed by atoms with Gasteiger partial charge in [-0.05, 0) is 44.2 Å². The summed E-state index contributed by atoms with van der Waals surface area (Å²) in [5.41, 5.74) is 2.39. The summed E-state index contributed by atoms with van der Waals surface area (Å²) in [6.07, 6.45) is 0. The first-order valence-electron chi connectivity index (χ1n) is 5.71. The van der Waals surface area contributed by atoms with Crippen molar-refractivity contribution in [1.29, 1.82) is 0 Å². The van der Waals surface area contributed by atoms with E-state index in [1.54, 1.807) is 12.1 Å². The molecule has 0 saturated heterocycles. The standard InChI is InChI=1S/C14H13ClN2O2/c1-8-5-11(6-9(2)16-8)17-14(19)12-7-10(15)3-4-13(12)18/h3-7,18H,1-2H3,(H,16,17,19). The Balaban J connectivity index is 2.28. The van der Waals surface area contributed by atoms with E-state index in [2.05, 4.69) is 10.3 Å². The number of phenolic OH excluding ortho intramolecular Hbond substituents is 1. The zero-order valence-corrected chi connectivity index (χ0v) is 11.3. The molecule has 0 radical (unpaired) electrons. The second-order valence-corrected chi connectivity index (χ2v) is 4.69. The smallest absolute Gasteiger partial charge is 0.259 e. The fourth-order valence-corrected chi connectivity index (χ4v) is 1.97. The summed E-state index contributed by atoms with van der Waals surface area (Å²) < 4.78 is 0. The number of aryl methyl sites for hydroxylation is 2. The molecule has 1 aromatic carbocycles. The topological polar surface area (TPSA) is 62.2 Å². The normalized spacial score (nSPS) is 10.3. The minimum Gasteiger partial charge on any atom is -0.507 e. The number of aromatic nitrogens is 1. The molecule has 0 atom stereocenters. The predicted octanol–water partition coefficient (Wildman–Crippen LogP) is 3.31. The Morgan fingerprint density at radius 2 is 1.84 bits per heavy atom. The Labute approximate surface area is 116 Å². The molecule has 1 aromatic heterocycles. The molecule has 0 spiro atoms. The van der Waals surface area contributed by atoms with Gasteiger partial charge in [-0.2, -0.15) is 0 Å². The molecule has 1 heterocycles. The van der Waals surface area contributed by atoms with Crippen LogP contribution in [0, 0.1) is 13.8 Å². The van der Waals surface area contributed by atoms with Gasteiger partial charge in [-0.3, -0.25) is 9.78 Å². The van der Waals surface area contributed by atoms with E-state index in [9.17, 15) is 9.90 Å². The van der Waals surface area contributed by atoms with Gasteiger partial charge in [-0.15, -0.1) is 0 Å². The summed E-state index contributed by atoms with van der Waals surface area (Å²) in [4.78, 5) is 16.3. The monoisotopic (exact) mass is 276 g/mol. The Hall–Kier alpha value is -2.07. The van der Waals surface area contributed by atoms with Crippen LogP contribution in [0.15, 0.2) is 30.3 Å². The van der Waals surface area contributed by atoms with Crippen LogP contribution in [0.3, 0.4) is 0 Å². The van der Waals surface area contributed by atoms with E-state index >= 15 is 0 Å². The largest absolute Gasteiger partial charge is 0.507 e. The molecule has 0 aliphatic rings. The van der Waals surface area contributed by atoms with Gasteiger partial charge in [0.2, 0.25) is 0 Å². The second-order valence-electron chi connectivity index (χ2n) is 4.25. The van der Waals surface area contributed by atoms with Gasteiger partial charge < -0.3 is 10.4 Å². The highest BCUT2D eigenvalue weighted by molar-refractivity contribution is 6.31. The number of carbonyl (C=O) groups excluding carboxylic acids is 1. The first-order valence-corrected chi connectivity index (χ1v) is 6.08. The van der Waals surface area contributed by atoms with E-state index in [1.165, 1.54) is 18.2 Å². The van der Waals surface area contributed by atoms with Crippen LogP contribution in [-0.4, -0.2) is 16.0 Å². The molecule has 0 aliphatic carbocycles. The quantitative estimate of drug-likeness (QED) is 0.884. The van der Waals surface area contributed by atoms with Gasteiger partial charge in [0.05, 0.1) is 5.56 Å². The van der Waals surface area contributed by atoms with Crippen molar-refractivity contribution in [2.24, 2.45) is 0 Å². The summed E-state index contributed by atoms with van der Waals surface area (Å²) >= 11 is 5.81. The van der Waals surface area contributed by atoms with Crippen molar-refractivity contribution in [3.05, 3.63) is 52.3 Å². The third kappa shape index (κ3) is 3.23. The minimum atomic E-state index is -0.412. The molecule has 19 heavy (non-hydrogen) atoms. The Kier molecular flexibility index (Phi) is 3.71. The van der Waals surface area contributed by atoms with Crippen LogP contribution in [0.5, 0.6) is 5.75 Å². The number of carbonyl (C=O) groups is 1. The fourth-order valence-electron chi connectivity index (χ4n) is 1.80. The summed E-state index contributed by atoms with van der Waals surface area (Å²) in [7, 11) is 0. The lowest BCUT2D eigenvalue weighted by molar-refractivity contribution is 0.102. The molecule has 0 bridgehead atoms. The molecule has 4 nitrogen and oxygen atoms in total. The molecule has 0 unspecified atom stereocenters. The molecule has 0 saturated carbocycles. The second kappa shape index (κ2) is 5.28. The lowest BCUT2D eigenvalue weighted by atomic mass is 10.2. The van der Waals surface area contributed by atoms with Crippen LogP contribution in [0.25, 0.3) is 0 Å². The highest BCUT2D eigenvalue weighted by Gasteiger charge is 2.12. The zero-order chi connectivity index (χ0) is 14.0. The molecule has 2 aromatic rings. The Morgan fingerprint density at radius 3 is 2.47 bits per heavy atom. The number of nitrogens with one attached hydrogen (secondary N) is 1. The summed E-state index contributed by atoms with van der Waals surface area (Å²) in [5.74, 6) is -0.519. The van der Waals surface area contributed by atoms with E-state index < -0.39 is 5.91 Å². The number of halogens is 1. The maximum absolute atomic E-state index is 12.1. The van der Waals surface area contributed by atoms with Gasteiger partial charge in [0.15, 0.2) is 0 Å². The van der Waals surface area contributed by atoms with Gasteiger partial charge in [0.25, 0.3) is 5.91 Å². The average molecular weight is 277 g/mol. The number of pyridine rings is 1. The predicted molar refractivity (Wildman–Crippen MR) is 74.8 cm³/mol. The van der Waals surface area contributed by atoms with Crippen molar-refractivity contribution in [1.82, 2.24) is 4.98 Å². The van der Waals surface area contributed by atoms with Crippen LogP contribution in [0.4, 0.5) is 5.69 Å². The van der Waals surface area contributed by atoms with Crippen molar-refractivity contribution in [2.45, 2.75) is 13.8 Å². The van der Waals surface area contributed by atoms with Crippen molar-refractivity contribution in [2.75, 3.05) is 5.32 Å². The minimum absolute atomic E-state index is 0.107. The van der Waals surface area contributed by atoms with Crippen molar-refractivity contribution < 1.29 is 9.90 Å². The van der Waals surface area contributed by atoms with Crippen LogP contribution in [0.2, 0.25) is 5.02 Å². The fraction of sp³-hybridized carbons (Fsp3) is 0.143. The molecule has 0 fully saturated rings. The lowest BCUT2D eigenvalue weighted by Gasteiger charge is -2.08. The number of phenols is 1. The SMILES string of the molecule is Cc1cc(NC(=O)c2cc(Cl)ccc2O)cc(C)n1. The molecule has 0 aliphatic heterocycles. The number of rotatable bonds is 2. The van der Waals surface area contributed by atoms with Gasteiger partial charge in [-0.25, -0.2) is 0 Å². The average Bonchev–Trinajstić information content (AvgIpc) is 2.30. The summed E-state index contributed by atoms with van der Waals surface area (Å²) in [6, 6.07) is 7.85. The summed E-state index contributed by atoms with van der Waals surface area (Å²) in [6.45, 7) is 3.69. The van der Waals surface area contributed by atoms with Gasteiger partial charge in [0, 0.05) is 22.1 Å². The van der Waals surface area contributed by atoms with E-state index in [1.807, 2.05) is 13.8 Å². The first-order chi connectivity index (χ1) is 8.95. The zero-order valence-electron chi connectivity index (χ0n) is 10.6. The van der Waals surface area contributed by atoms with Crippen molar-refractivity contribution in [3.8, 4) is 5.75 Å². The maximum atomic E-state index is 12.1. The van der Waals surface area contributed by atoms with E-state index in [4.69, 9.17) is 11.6 Å². The number of amides is 1. The van der Waals surface area contributed by atoms with Crippen LogP contribution < -0.4 is 5.32 Å². The highest BCUT2D eigenvalue weighted by atomic mass is 35.5. The van der Waals surface area contributed by atoms with Crippen molar-refractivity contribution in [3.63, 3.8) is 0 Å². The van der Waals surface area contributed by atoms with Crippen LogP contribution in [0.1, 0.15) is 21.7 Å². The van der Waals surface area contributed by atoms with Gasteiger partial charge in [-0.1, -0.05) is 11.6 Å². The van der Waals surface area contributed by atoms with Crippen LogP contribution >= 0.6 is 11.6 Å². The number of hydrogen-bond donors (Lipinski definition) is 2. The number of hydrogen-bond acceptors (Lipinski definition) is 3. The lowest BCUT2D eigenvalue weighted by Crippen LogP contribution is -2.12. The van der Waals surface area contributed by atoms with E-state index in [0.29, 0.717) is 10.7 Å². The maximum Gasteiger partial charge on any atom is 0.259 e. The van der Waals surface area contributed by atoms with E-state index in [0.717, 1.165) is 11.4 Å². The Bertz CT molecular complexity index is 621. The van der Waals surface area contributed by atoms with E-state index in [-0.39, 0.29) is 11.3 Å². The van der Waals surface area contributed by atoms with Crippen LogP contribution in [-0.2, 0) is 0 Å². The van der Waals surface area contributed by atoms with Crippen molar-refractivity contribution >= 4 is 23.2 Å². The summed E-state index contributed by atoms with van der Waals surface area (Å²) in [5, 5.41) is 12.8. The molecular weight excluding hydrogens is 264 g/mol. The molecule has 1 amide bonds. The third-order valence-electron chi connectivity index (χ3n) is 2.54. The molecule has 2 N–H and O–H groups in total. The van der Waals surface area contributed by atoms with Gasteiger partial charge >= 0.3 is 0 Å². The number of aromatic hydroxyl groups is 1. The first kappa shape index (κ1) is 13.4. The molecule has 2 rings (SSSR count). The molecule has 5 heteroatoms.